The molecule has 0 aromatic rings. The number of aldehydes is 1. The molecule has 3 fully saturated rings. The van der Waals surface area contributed by atoms with E-state index < -0.39 is 0 Å². The van der Waals surface area contributed by atoms with Crippen molar-refractivity contribution in [3.05, 3.63) is 12.2 Å². The predicted molar refractivity (Wildman–Crippen MR) is 53.3 cm³/mol. The Morgan fingerprint density at radius 1 is 1.31 bits per heavy atom. The number of carbonyl (C=O) groups is 1. The average molecular weight is 178 g/mol. The second kappa shape index (κ2) is 2.97. The molecule has 1 heteroatoms. The lowest BCUT2D eigenvalue weighted by molar-refractivity contribution is -0.104. The molecule has 0 aliphatic heterocycles. The minimum absolute atomic E-state index is 0.538. The summed E-state index contributed by atoms with van der Waals surface area (Å²) in [4.78, 5) is 10.2. The van der Waals surface area contributed by atoms with E-state index in [1.165, 1.54) is 19.3 Å². The number of allylic oxidation sites excluding steroid dienone is 2. The Balaban J connectivity index is 2.07. The molecule has 72 valence electrons. The molecular formula is C12H18O. The average Bonchev–Trinajstić information content (AvgIpc) is 2.14. The Morgan fingerprint density at radius 3 is 2.62 bits per heavy atom. The van der Waals surface area contributed by atoms with E-state index in [4.69, 9.17) is 0 Å². The topological polar surface area (TPSA) is 17.1 Å². The summed E-state index contributed by atoms with van der Waals surface area (Å²) in [6.07, 6.45) is 8.74. The van der Waals surface area contributed by atoms with Crippen molar-refractivity contribution in [2.24, 2.45) is 23.2 Å². The lowest BCUT2D eigenvalue weighted by atomic mass is 9.45. The summed E-state index contributed by atoms with van der Waals surface area (Å²) in [5.41, 5.74) is 0.538. The predicted octanol–water partition coefficient (Wildman–Crippen LogP) is 2.81. The first-order chi connectivity index (χ1) is 6.16. The van der Waals surface area contributed by atoms with Gasteiger partial charge in [0.2, 0.25) is 0 Å². The van der Waals surface area contributed by atoms with Gasteiger partial charge in [-0.1, -0.05) is 19.9 Å². The summed E-state index contributed by atoms with van der Waals surface area (Å²) in [5, 5.41) is 0. The monoisotopic (exact) mass is 178 g/mol. The summed E-state index contributed by atoms with van der Waals surface area (Å²) < 4.78 is 0. The van der Waals surface area contributed by atoms with Crippen molar-refractivity contribution in [1.82, 2.24) is 0 Å². The highest BCUT2D eigenvalue weighted by Gasteiger charge is 2.53. The van der Waals surface area contributed by atoms with Crippen molar-refractivity contribution in [3.8, 4) is 0 Å². The molecule has 0 aromatic carbocycles. The van der Waals surface area contributed by atoms with E-state index in [0.717, 1.165) is 18.1 Å². The van der Waals surface area contributed by atoms with Gasteiger partial charge in [-0.3, -0.25) is 4.79 Å². The van der Waals surface area contributed by atoms with E-state index in [1.54, 1.807) is 6.08 Å². The van der Waals surface area contributed by atoms with E-state index >= 15 is 0 Å². The number of hydrogen-bond acceptors (Lipinski definition) is 1. The molecular weight excluding hydrogens is 160 g/mol. The van der Waals surface area contributed by atoms with Crippen molar-refractivity contribution in [2.75, 3.05) is 0 Å². The minimum atomic E-state index is 0.538. The molecule has 3 saturated carbocycles. The highest BCUT2D eigenvalue weighted by Crippen LogP contribution is 2.61. The van der Waals surface area contributed by atoms with Crippen LogP contribution in [0.2, 0.25) is 0 Å². The molecule has 0 amide bonds. The molecule has 3 atom stereocenters. The zero-order valence-corrected chi connectivity index (χ0v) is 8.49. The summed E-state index contributed by atoms with van der Waals surface area (Å²) in [5.74, 6) is 2.46. The van der Waals surface area contributed by atoms with Crippen LogP contribution in [0.1, 0.15) is 33.1 Å². The summed E-state index contributed by atoms with van der Waals surface area (Å²) >= 11 is 0. The van der Waals surface area contributed by atoms with Crippen molar-refractivity contribution >= 4 is 6.29 Å². The lowest BCUT2D eigenvalue weighted by Gasteiger charge is -2.59. The highest BCUT2D eigenvalue weighted by molar-refractivity contribution is 5.64. The van der Waals surface area contributed by atoms with E-state index in [1.807, 2.05) is 0 Å². The lowest BCUT2D eigenvalue weighted by Crippen LogP contribution is -2.51. The second-order valence-electron chi connectivity index (χ2n) is 5.12. The zero-order chi connectivity index (χ0) is 9.47. The van der Waals surface area contributed by atoms with Crippen molar-refractivity contribution in [2.45, 2.75) is 33.1 Å². The van der Waals surface area contributed by atoms with Gasteiger partial charge < -0.3 is 0 Å². The van der Waals surface area contributed by atoms with Gasteiger partial charge in [0.1, 0.15) is 6.29 Å². The minimum Gasteiger partial charge on any atom is -0.299 e. The molecule has 0 radical (unpaired) electrons. The molecule has 2 bridgehead atoms. The zero-order valence-electron chi connectivity index (χ0n) is 8.49. The first kappa shape index (κ1) is 8.98. The molecule has 1 nitrogen and oxygen atoms in total. The third-order valence-electron chi connectivity index (χ3n) is 4.35. The van der Waals surface area contributed by atoms with E-state index in [0.29, 0.717) is 11.3 Å². The SMILES string of the molecule is CC1(C)[C@H]2CCC(/C=C/C=O)[C@@H]1C2. The van der Waals surface area contributed by atoms with Crippen LogP contribution >= 0.6 is 0 Å². The van der Waals surface area contributed by atoms with Crippen LogP contribution in [0.5, 0.6) is 0 Å². The van der Waals surface area contributed by atoms with Gasteiger partial charge in [-0.15, -0.1) is 0 Å². The number of fused-ring (bicyclic) bond motifs is 2. The third kappa shape index (κ3) is 1.25. The van der Waals surface area contributed by atoms with Crippen LogP contribution in [0.15, 0.2) is 12.2 Å². The fourth-order valence-corrected chi connectivity index (χ4v) is 3.29. The summed E-state index contributed by atoms with van der Waals surface area (Å²) in [6.45, 7) is 4.76. The van der Waals surface area contributed by atoms with Crippen molar-refractivity contribution < 1.29 is 4.79 Å². The summed E-state index contributed by atoms with van der Waals surface area (Å²) in [7, 11) is 0. The molecule has 13 heavy (non-hydrogen) atoms. The van der Waals surface area contributed by atoms with Gasteiger partial charge in [-0.25, -0.2) is 0 Å². The van der Waals surface area contributed by atoms with E-state index in [9.17, 15) is 4.79 Å². The summed E-state index contributed by atoms with van der Waals surface area (Å²) in [6, 6.07) is 0. The van der Waals surface area contributed by atoms with Crippen LogP contribution in [0.25, 0.3) is 0 Å². The quantitative estimate of drug-likeness (QED) is 0.469. The first-order valence-electron chi connectivity index (χ1n) is 5.28. The van der Waals surface area contributed by atoms with Crippen LogP contribution in [0.4, 0.5) is 0 Å². The van der Waals surface area contributed by atoms with Gasteiger partial charge >= 0.3 is 0 Å². The maximum absolute atomic E-state index is 10.2. The van der Waals surface area contributed by atoms with Crippen LogP contribution in [0.3, 0.4) is 0 Å². The number of hydrogen-bond donors (Lipinski definition) is 0. The molecule has 0 aromatic heterocycles. The van der Waals surface area contributed by atoms with Gasteiger partial charge in [0.05, 0.1) is 0 Å². The van der Waals surface area contributed by atoms with Gasteiger partial charge in [0.25, 0.3) is 0 Å². The molecule has 1 unspecified atom stereocenters. The van der Waals surface area contributed by atoms with Crippen LogP contribution in [-0.4, -0.2) is 6.29 Å². The Kier molecular flexibility index (Phi) is 2.05. The van der Waals surface area contributed by atoms with Gasteiger partial charge in [0.15, 0.2) is 0 Å². The largest absolute Gasteiger partial charge is 0.299 e. The van der Waals surface area contributed by atoms with Crippen molar-refractivity contribution in [3.63, 3.8) is 0 Å². The Labute approximate surface area is 80.2 Å². The molecule has 0 N–H and O–H groups in total. The highest BCUT2D eigenvalue weighted by atomic mass is 16.1. The number of rotatable bonds is 2. The maximum atomic E-state index is 10.2. The maximum Gasteiger partial charge on any atom is 0.142 e. The Morgan fingerprint density at radius 2 is 2.08 bits per heavy atom. The standard InChI is InChI=1S/C12H18O/c1-12(2)10-6-5-9(4-3-7-13)11(12)8-10/h3-4,7,9-11H,5-6,8H2,1-2H3/b4-3+/t9?,10-,11-/m0/s1. The molecule has 3 aliphatic rings. The molecule has 0 spiro atoms. The first-order valence-corrected chi connectivity index (χ1v) is 5.28. The van der Waals surface area contributed by atoms with E-state index in [-0.39, 0.29) is 0 Å². The van der Waals surface area contributed by atoms with E-state index in [2.05, 4.69) is 19.9 Å². The van der Waals surface area contributed by atoms with Crippen LogP contribution in [-0.2, 0) is 4.79 Å². The van der Waals surface area contributed by atoms with Gasteiger partial charge in [0, 0.05) is 0 Å². The molecule has 0 heterocycles. The fourth-order valence-electron chi connectivity index (χ4n) is 3.29. The fraction of sp³-hybridized carbons (Fsp3) is 0.750. The van der Waals surface area contributed by atoms with Crippen LogP contribution in [0, 0.1) is 23.2 Å². The second-order valence-corrected chi connectivity index (χ2v) is 5.12. The van der Waals surface area contributed by atoms with Gasteiger partial charge in [-0.2, -0.15) is 0 Å². The third-order valence-corrected chi connectivity index (χ3v) is 4.35. The van der Waals surface area contributed by atoms with Crippen molar-refractivity contribution in [1.29, 1.82) is 0 Å². The molecule has 3 aliphatic carbocycles. The van der Waals surface area contributed by atoms with Gasteiger partial charge in [-0.05, 0) is 48.5 Å². The normalized spacial score (nSPS) is 41.5. The Bertz CT molecular complexity index is 238. The van der Waals surface area contributed by atoms with Crippen LogP contribution < -0.4 is 0 Å². The molecule has 0 saturated heterocycles. The number of carbonyl (C=O) groups excluding carboxylic acids is 1. The molecule has 3 rings (SSSR count). The smallest absolute Gasteiger partial charge is 0.142 e. The Hall–Kier alpha value is -0.590.